The van der Waals surface area contributed by atoms with Crippen LogP contribution in [0.5, 0.6) is 11.5 Å². The largest absolute Gasteiger partial charge is 0.493 e. The van der Waals surface area contributed by atoms with Crippen LogP contribution >= 0.6 is 15.9 Å². The quantitative estimate of drug-likeness (QED) is 0.898. The number of ether oxygens (including phenoxy) is 2. The van der Waals surface area contributed by atoms with E-state index in [1.54, 1.807) is 18.0 Å². The van der Waals surface area contributed by atoms with Crippen LogP contribution < -0.4 is 15.2 Å². The molecule has 0 atom stereocenters. The Balaban J connectivity index is 1.96. The van der Waals surface area contributed by atoms with Crippen molar-refractivity contribution in [2.45, 2.75) is 12.8 Å². The maximum Gasteiger partial charge on any atom is 0.175 e. The summed E-state index contributed by atoms with van der Waals surface area (Å²) in [5.74, 6) is 2.75. The Morgan fingerprint density at radius 3 is 2.76 bits per heavy atom. The molecule has 1 heterocycles. The van der Waals surface area contributed by atoms with Crippen LogP contribution in [0.4, 0.5) is 5.82 Å². The van der Waals surface area contributed by atoms with Gasteiger partial charge >= 0.3 is 0 Å². The van der Waals surface area contributed by atoms with Gasteiger partial charge in [-0.05, 0) is 52.4 Å². The predicted octanol–water partition coefficient (Wildman–Crippen LogP) is 3.23. The number of methoxy groups -OCH3 is 1. The highest BCUT2D eigenvalue weighted by atomic mass is 79.9. The summed E-state index contributed by atoms with van der Waals surface area (Å²) in [6.45, 7) is 0.739. The van der Waals surface area contributed by atoms with Crippen molar-refractivity contribution < 1.29 is 9.47 Å². The second-order valence-corrected chi connectivity index (χ2v) is 6.17. The Morgan fingerprint density at radius 2 is 2.19 bits per heavy atom. The van der Waals surface area contributed by atoms with Crippen LogP contribution in [-0.2, 0) is 7.05 Å². The highest BCUT2D eigenvalue weighted by molar-refractivity contribution is 9.10. The molecular weight excluding hydrogens is 334 g/mol. The molecule has 0 saturated heterocycles. The zero-order valence-corrected chi connectivity index (χ0v) is 13.7. The summed E-state index contributed by atoms with van der Waals surface area (Å²) in [6.07, 6.45) is 4.26. The third-order valence-electron chi connectivity index (χ3n) is 3.69. The average molecular weight is 352 g/mol. The van der Waals surface area contributed by atoms with Crippen LogP contribution in [0, 0.1) is 5.92 Å². The van der Waals surface area contributed by atoms with Gasteiger partial charge in [-0.25, -0.2) is 0 Å². The van der Waals surface area contributed by atoms with Gasteiger partial charge < -0.3 is 15.2 Å². The molecular formula is C15H18BrN3O2. The minimum absolute atomic E-state index is 0.621. The highest BCUT2D eigenvalue weighted by Crippen LogP contribution is 2.42. The van der Waals surface area contributed by atoms with Crippen molar-refractivity contribution in [1.82, 2.24) is 9.78 Å². The molecule has 0 amide bonds. The van der Waals surface area contributed by atoms with Gasteiger partial charge in [-0.3, -0.25) is 4.68 Å². The molecule has 0 radical (unpaired) electrons. The third kappa shape index (κ3) is 2.85. The van der Waals surface area contributed by atoms with E-state index in [2.05, 4.69) is 21.0 Å². The van der Waals surface area contributed by atoms with E-state index in [0.29, 0.717) is 17.5 Å². The Labute approximate surface area is 132 Å². The first kappa shape index (κ1) is 14.3. The Hall–Kier alpha value is -1.69. The maximum absolute atomic E-state index is 6.03. The summed E-state index contributed by atoms with van der Waals surface area (Å²) in [7, 11) is 3.46. The van der Waals surface area contributed by atoms with Crippen molar-refractivity contribution in [3.05, 3.63) is 22.8 Å². The fourth-order valence-corrected chi connectivity index (χ4v) is 2.73. The van der Waals surface area contributed by atoms with Crippen LogP contribution in [0.1, 0.15) is 12.8 Å². The Bertz CT molecular complexity index is 665. The van der Waals surface area contributed by atoms with Gasteiger partial charge in [-0.2, -0.15) is 5.10 Å². The van der Waals surface area contributed by atoms with E-state index in [4.69, 9.17) is 15.2 Å². The summed E-state index contributed by atoms with van der Waals surface area (Å²) >= 11 is 3.56. The van der Waals surface area contributed by atoms with Crippen molar-refractivity contribution in [1.29, 1.82) is 0 Å². The summed E-state index contributed by atoms with van der Waals surface area (Å²) in [5.41, 5.74) is 7.86. The number of nitrogens with two attached hydrogens (primary N) is 1. The van der Waals surface area contributed by atoms with Crippen molar-refractivity contribution in [3.8, 4) is 22.6 Å². The molecule has 0 spiro atoms. The number of aromatic nitrogens is 2. The molecule has 3 rings (SSSR count). The number of halogens is 1. The highest BCUT2D eigenvalue weighted by Gasteiger charge is 2.23. The molecule has 1 saturated carbocycles. The molecule has 5 nitrogen and oxygen atoms in total. The SMILES string of the molecule is COc1cc(-c2cnn(C)c2N)cc(Br)c1OCC1CC1. The normalized spacial score (nSPS) is 14.2. The van der Waals surface area contributed by atoms with Crippen molar-refractivity contribution in [2.24, 2.45) is 13.0 Å². The summed E-state index contributed by atoms with van der Waals surface area (Å²) in [4.78, 5) is 0. The van der Waals surface area contributed by atoms with Crippen molar-refractivity contribution >= 4 is 21.7 Å². The lowest BCUT2D eigenvalue weighted by Gasteiger charge is -2.14. The van der Waals surface area contributed by atoms with Crippen LogP contribution in [0.25, 0.3) is 11.1 Å². The van der Waals surface area contributed by atoms with Crippen molar-refractivity contribution in [3.63, 3.8) is 0 Å². The van der Waals surface area contributed by atoms with E-state index in [-0.39, 0.29) is 0 Å². The average Bonchev–Trinajstić information content (AvgIpc) is 3.23. The molecule has 1 aromatic carbocycles. The lowest BCUT2D eigenvalue weighted by Crippen LogP contribution is -2.02. The lowest BCUT2D eigenvalue weighted by atomic mass is 10.1. The van der Waals surface area contributed by atoms with E-state index < -0.39 is 0 Å². The minimum atomic E-state index is 0.621. The molecule has 0 aliphatic heterocycles. The molecule has 1 aliphatic rings. The van der Waals surface area contributed by atoms with Gasteiger partial charge in [0, 0.05) is 12.6 Å². The van der Waals surface area contributed by atoms with Crippen molar-refractivity contribution in [2.75, 3.05) is 19.5 Å². The van der Waals surface area contributed by atoms with Crippen LogP contribution in [0.15, 0.2) is 22.8 Å². The van der Waals surface area contributed by atoms with E-state index in [9.17, 15) is 0 Å². The lowest BCUT2D eigenvalue weighted by molar-refractivity contribution is 0.278. The van der Waals surface area contributed by atoms with Crippen LogP contribution in [0.3, 0.4) is 0 Å². The van der Waals surface area contributed by atoms with Gasteiger partial charge in [0.15, 0.2) is 11.5 Å². The fraction of sp³-hybridized carbons (Fsp3) is 0.400. The molecule has 2 aromatic rings. The Morgan fingerprint density at radius 1 is 1.43 bits per heavy atom. The molecule has 0 bridgehead atoms. The van der Waals surface area contributed by atoms with Gasteiger partial charge in [0.25, 0.3) is 0 Å². The molecule has 2 N–H and O–H groups in total. The monoisotopic (exact) mass is 351 g/mol. The van der Waals surface area contributed by atoms with Crippen LogP contribution in [0.2, 0.25) is 0 Å². The first-order valence-corrected chi connectivity index (χ1v) is 7.67. The number of nitrogen functional groups attached to an aromatic ring is 1. The zero-order chi connectivity index (χ0) is 15.0. The van der Waals surface area contributed by atoms with Gasteiger partial charge in [0.2, 0.25) is 0 Å². The zero-order valence-electron chi connectivity index (χ0n) is 12.1. The summed E-state index contributed by atoms with van der Waals surface area (Å²) < 4.78 is 13.9. The standard InChI is InChI=1S/C15H18BrN3O2/c1-19-15(17)11(7-18-19)10-5-12(16)14(13(6-10)20-2)21-8-9-3-4-9/h5-7,9H,3-4,8,17H2,1-2H3. The third-order valence-corrected chi connectivity index (χ3v) is 4.27. The van der Waals surface area contributed by atoms with E-state index in [0.717, 1.165) is 28.0 Å². The molecule has 1 fully saturated rings. The fourth-order valence-electron chi connectivity index (χ4n) is 2.17. The molecule has 112 valence electrons. The van der Waals surface area contributed by atoms with Crippen LogP contribution in [-0.4, -0.2) is 23.5 Å². The number of nitrogens with zero attached hydrogens (tertiary/aromatic N) is 2. The Kier molecular flexibility index (Phi) is 3.80. The van der Waals surface area contributed by atoms with Gasteiger partial charge in [0.05, 0.1) is 24.4 Å². The number of hydrogen-bond acceptors (Lipinski definition) is 4. The van der Waals surface area contributed by atoms with E-state index >= 15 is 0 Å². The first-order valence-electron chi connectivity index (χ1n) is 6.88. The topological polar surface area (TPSA) is 62.3 Å². The number of rotatable bonds is 5. The predicted molar refractivity (Wildman–Crippen MR) is 85.5 cm³/mol. The number of aryl methyl sites for hydroxylation is 1. The van der Waals surface area contributed by atoms with E-state index in [1.165, 1.54) is 12.8 Å². The number of hydrogen-bond donors (Lipinski definition) is 1. The molecule has 21 heavy (non-hydrogen) atoms. The first-order chi connectivity index (χ1) is 10.1. The number of benzene rings is 1. The van der Waals surface area contributed by atoms with Gasteiger partial charge in [-0.1, -0.05) is 0 Å². The molecule has 1 aliphatic carbocycles. The minimum Gasteiger partial charge on any atom is -0.493 e. The smallest absolute Gasteiger partial charge is 0.175 e. The summed E-state index contributed by atoms with van der Waals surface area (Å²) in [6, 6.07) is 3.92. The molecule has 0 unspecified atom stereocenters. The van der Waals surface area contributed by atoms with E-state index in [1.807, 2.05) is 19.2 Å². The van der Waals surface area contributed by atoms with Gasteiger partial charge in [0.1, 0.15) is 5.82 Å². The second kappa shape index (κ2) is 5.60. The molecule has 6 heteroatoms. The summed E-state index contributed by atoms with van der Waals surface area (Å²) in [5, 5.41) is 4.17. The second-order valence-electron chi connectivity index (χ2n) is 5.31. The van der Waals surface area contributed by atoms with Gasteiger partial charge in [-0.15, -0.1) is 0 Å². The maximum atomic E-state index is 6.03. The number of anilines is 1. The molecule has 1 aromatic heterocycles.